The van der Waals surface area contributed by atoms with E-state index in [9.17, 15) is 9.59 Å². The van der Waals surface area contributed by atoms with E-state index < -0.39 is 11.4 Å². The van der Waals surface area contributed by atoms with Crippen LogP contribution in [0.2, 0.25) is 0 Å². The second-order valence-electron chi connectivity index (χ2n) is 6.95. The van der Waals surface area contributed by atoms with Crippen molar-refractivity contribution in [3.8, 4) is 17.7 Å². The highest BCUT2D eigenvalue weighted by atomic mass is 16.5. The van der Waals surface area contributed by atoms with E-state index in [0.29, 0.717) is 5.69 Å². The molecule has 2 amide bonds. The maximum Gasteiger partial charge on any atom is 0.275 e. The SMILES string of the molecule is CN1C(=O)CC(C)(c2cccc(NC(=O)c3cnc(OCC#CCO)cn3)c2)N=C1N. The van der Waals surface area contributed by atoms with Crippen LogP contribution in [0, 0.1) is 11.8 Å². The number of anilines is 1. The van der Waals surface area contributed by atoms with Crippen LogP contribution in [0.25, 0.3) is 0 Å². The lowest BCUT2D eigenvalue weighted by molar-refractivity contribution is -0.128. The molecule has 3 rings (SSSR count). The van der Waals surface area contributed by atoms with Gasteiger partial charge in [0.1, 0.15) is 12.3 Å². The zero-order valence-electron chi connectivity index (χ0n) is 17.1. The van der Waals surface area contributed by atoms with Crippen molar-refractivity contribution in [1.82, 2.24) is 14.9 Å². The van der Waals surface area contributed by atoms with Gasteiger partial charge in [0.05, 0.1) is 24.4 Å². The fraction of sp³-hybridized carbons (Fsp3) is 0.286. The zero-order valence-corrected chi connectivity index (χ0v) is 17.1. The molecule has 31 heavy (non-hydrogen) atoms. The minimum atomic E-state index is -0.827. The topological polar surface area (TPSA) is 143 Å². The molecule has 0 radical (unpaired) electrons. The Labute approximate surface area is 179 Å². The zero-order chi connectivity index (χ0) is 22.4. The average molecular weight is 422 g/mol. The maximum atomic E-state index is 12.5. The minimum absolute atomic E-state index is 0.0532. The van der Waals surface area contributed by atoms with Gasteiger partial charge in [0.25, 0.3) is 5.91 Å². The van der Waals surface area contributed by atoms with E-state index >= 15 is 0 Å². The van der Waals surface area contributed by atoms with Gasteiger partial charge in [-0.15, -0.1) is 0 Å². The van der Waals surface area contributed by atoms with Crippen molar-refractivity contribution in [1.29, 1.82) is 0 Å². The smallest absolute Gasteiger partial charge is 0.275 e. The normalized spacial score (nSPS) is 18.0. The van der Waals surface area contributed by atoms with Crippen LogP contribution in [-0.2, 0) is 10.3 Å². The van der Waals surface area contributed by atoms with Crippen LogP contribution in [0.15, 0.2) is 41.7 Å². The Hall–Kier alpha value is -3.97. The van der Waals surface area contributed by atoms with E-state index in [0.717, 1.165) is 5.56 Å². The van der Waals surface area contributed by atoms with Crippen molar-refractivity contribution in [2.24, 2.45) is 10.7 Å². The number of benzene rings is 1. The number of guanidine groups is 1. The van der Waals surface area contributed by atoms with Crippen molar-refractivity contribution in [2.45, 2.75) is 18.9 Å². The average Bonchev–Trinajstić information content (AvgIpc) is 2.75. The van der Waals surface area contributed by atoms with E-state index in [1.165, 1.54) is 17.3 Å². The molecule has 0 aliphatic carbocycles. The number of aliphatic hydroxyl groups excluding tert-OH is 1. The number of hydrogen-bond acceptors (Lipinski definition) is 8. The van der Waals surface area contributed by atoms with Gasteiger partial charge in [0, 0.05) is 12.7 Å². The molecule has 0 saturated carbocycles. The highest BCUT2D eigenvalue weighted by Gasteiger charge is 2.36. The fourth-order valence-corrected chi connectivity index (χ4v) is 2.93. The van der Waals surface area contributed by atoms with Crippen LogP contribution in [0.5, 0.6) is 5.88 Å². The number of amides is 2. The van der Waals surface area contributed by atoms with Gasteiger partial charge in [-0.1, -0.05) is 24.0 Å². The number of nitrogens with zero attached hydrogens (tertiary/aromatic N) is 4. The molecular weight excluding hydrogens is 400 g/mol. The summed E-state index contributed by atoms with van der Waals surface area (Å²) >= 11 is 0. The third-order valence-corrected chi connectivity index (χ3v) is 4.67. The van der Waals surface area contributed by atoms with Crippen LogP contribution < -0.4 is 15.8 Å². The van der Waals surface area contributed by atoms with Gasteiger partial charge in [-0.2, -0.15) is 0 Å². The molecule has 4 N–H and O–H groups in total. The molecule has 0 saturated heterocycles. The first-order chi connectivity index (χ1) is 14.8. The van der Waals surface area contributed by atoms with E-state index in [1.807, 2.05) is 13.0 Å². The molecule has 1 unspecified atom stereocenters. The van der Waals surface area contributed by atoms with Gasteiger partial charge in [0.15, 0.2) is 12.6 Å². The molecule has 1 aromatic heterocycles. The first kappa shape index (κ1) is 21.7. The van der Waals surface area contributed by atoms with Crippen LogP contribution in [0.3, 0.4) is 0 Å². The number of rotatable bonds is 5. The van der Waals surface area contributed by atoms with Crippen LogP contribution in [0.4, 0.5) is 5.69 Å². The molecule has 10 nitrogen and oxygen atoms in total. The summed E-state index contributed by atoms with van der Waals surface area (Å²) in [6, 6.07) is 7.06. The Morgan fingerprint density at radius 2 is 2.16 bits per heavy atom. The van der Waals surface area contributed by atoms with Crippen molar-refractivity contribution >= 4 is 23.5 Å². The molecule has 1 aliphatic rings. The summed E-state index contributed by atoms with van der Waals surface area (Å²) in [7, 11) is 1.58. The third-order valence-electron chi connectivity index (χ3n) is 4.67. The summed E-state index contributed by atoms with van der Waals surface area (Å²) in [6.07, 6.45) is 2.77. The Balaban J connectivity index is 1.71. The van der Waals surface area contributed by atoms with Crippen LogP contribution >= 0.6 is 0 Å². The number of nitrogens with one attached hydrogen (secondary N) is 1. The highest BCUT2D eigenvalue weighted by Crippen LogP contribution is 2.34. The molecule has 1 aliphatic heterocycles. The number of aliphatic hydroxyl groups is 1. The van der Waals surface area contributed by atoms with Crippen molar-refractivity contribution < 1.29 is 19.4 Å². The number of nitrogens with two attached hydrogens (primary N) is 1. The fourth-order valence-electron chi connectivity index (χ4n) is 2.93. The Bertz CT molecular complexity index is 1070. The summed E-state index contributed by atoms with van der Waals surface area (Å²) in [5.41, 5.74) is 6.41. The van der Waals surface area contributed by atoms with Gasteiger partial charge < -0.3 is 20.9 Å². The summed E-state index contributed by atoms with van der Waals surface area (Å²) < 4.78 is 5.24. The molecule has 2 aromatic rings. The van der Waals surface area contributed by atoms with Gasteiger partial charge in [-0.3, -0.25) is 14.5 Å². The van der Waals surface area contributed by atoms with Gasteiger partial charge in [-0.25, -0.2) is 15.0 Å². The van der Waals surface area contributed by atoms with Gasteiger partial charge in [0.2, 0.25) is 11.8 Å². The highest BCUT2D eigenvalue weighted by molar-refractivity contribution is 6.03. The Morgan fingerprint density at radius 1 is 1.35 bits per heavy atom. The summed E-state index contributed by atoms with van der Waals surface area (Å²) in [6.45, 7) is 1.63. The van der Waals surface area contributed by atoms with E-state index in [-0.39, 0.29) is 43.1 Å². The number of carbonyl (C=O) groups excluding carboxylic acids is 2. The Morgan fingerprint density at radius 3 is 2.84 bits per heavy atom. The lowest BCUT2D eigenvalue weighted by Gasteiger charge is -2.33. The predicted molar refractivity (Wildman–Crippen MR) is 113 cm³/mol. The molecule has 0 fully saturated rings. The molecule has 2 heterocycles. The molecule has 160 valence electrons. The molecule has 0 bridgehead atoms. The van der Waals surface area contributed by atoms with Crippen molar-refractivity contribution in [3.63, 3.8) is 0 Å². The summed E-state index contributed by atoms with van der Waals surface area (Å²) in [5, 5.41) is 11.3. The summed E-state index contributed by atoms with van der Waals surface area (Å²) in [4.78, 5) is 38.6. The van der Waals surface area contributed by atoms with Crippen LogP contribution in [0.1, 0.15) is 29.4 Å². The second-order valence-corrected chi connectivity index (χ2v) is 6.95. The standard InChI is InChI=1S/C21H22N6O4/c1-21(11-18(29)27(2)20(22)26-21)14-6-5-7-15(10-14)25-19(30)16-12-24-17(13-23-16)31-9-4-3-8-28/h5-7,10,12-13,28H,8-9,11H2,1-2H3,(H2,22,26)(H,25,30). The van der Waals surface area contributed by atoms with E-state index in [4.69, 9.17) is 15.6 Å². The molecule has 1 atom stereocenters. The van der Waals surface area contributed by atoms with Crippen molar-refractivity contribution in [3.05, 3.63) is 47.9 Å². The van der Waals surface area contributed by atoms with E-state index in [2.05, 4.69) is 32.1 Å². The first-order valence-corrected chi connectivity index (χ1v) is 9.37. The molecule has 0 spiro atoms. The number of ether oxygens (including phenoxy) is 1. The number of hydrogen-bond donors (Lipinski definition) is 3. The van der Waals surface area contributed by atoms with Gasteiger partial charge >= 0.3 is 0 Å². The lowest BCUT2D eigenvalue weighted by atomic mass is 9.87. The maximum absolute atomic E-state index is 12.5. The number of aliphatic imine (C=N–C) groups is 1. The van der Waals surface area contributed by atoms with Gasteiger partial charge in [-0.05, 0) is 24.6 Å². The Kier molecular flexibility index (Phi) is 6.47. The molecule has 10 heteroatoms. The van der Waals surface area contributed by atoms with Crippen LogP contribution in [-0.4, -0.2) is 58.0 Å². The third kappa shape index (κ3) is 5.15. The number of aromatic nitrogens is 2. The first-order valence-electron chi connectivity index (χ1n) is 9.37. The lowest BCUT2D eigenvalue weighted by Crippen LogP contribution is -2.47. The largest absolute Gasteiger partial charge is 0.463 e. The molecule has 1 aromatic carbocycles. The monoisotopic (exact) mass is 422 g/mol. The quantitative estimate of drug-likeness (QED) is 0.595. The minimum Gasteiger partial charge on any atom is -0.463 e. The summed E-state index contributed by atoms with van der Waals surface area (Å²) in [5.74, 6) is 4.80. The second kappa shape index (κ2) is 9.23. The van der Waals surface area contributed by atoms with E-state index in [1.54, 1.807) is 25.2 Å². The number of carbonyl (C=O) groups is 2. The van der Waals surface area contributed by atoms with Crippen molar-refractivity contribution in [2.75, 3.05) is 25.6 Å². The molecular formula is C21H22N6O4. The predicted octanol–water partition coefficient (Wildman–Crippen LogP) is 0.495.